The quantitative estimate of drug-likeness (QED) is 0.644. The second kappa shape index (κ2) is 5.91. The van der Waals surface area contributed by atoms with Gasteiger partial charge in [-0.05, 0) is 5.56 Å². The summed E-state index contributed by atoms with van der Waals surface area (Å²) >= 11 is 0. The predicted molar refractivity (Wildman–Crippen MR) is 59.6 cm³/mol. The molecule has 0 aromatic heterocycles. The Morgan fingerprint density at radius 3 is 2.44 bits per heavy atom. The first kappa shape index (κ1) is 13.8. The first-order valence-corrected chi connectivity index (χ1v) is 5.07. The van der Waals surface area contributed by atoms with E-state index >= 15 is 0 Å². The van der Waals surface area contributed by atoms with Gasteiger partial charge >= 0.3 is 5.97 Å². The van der Waals surface area contributed by atoms with Crippen LogP contribution in [-0.2, 0) is 4.79 Å². The molecule has 1 aromatic carbocycles. The normalized spacial score (nSPS) is 13.4. The van der Waals surface area contributed by atoms with Crippen molar-refractivity contribution < 1.29 is 24.9 Å². The van der Waals surface area contributed by atoms with Gasteiger partial charge in [-0.1, -0.05) is 24.3 Å². The summed E-state index contributed by atoms with van der Waals surface area (Å²) in [5, 5.41) is 36.0. The topological polar surface area (TPSA) is 119 Å². The number of aliphatic carboxylic acids is 1. The Bertz CT molecular complexity index is 505. The van der Waals surface area contributed by atoms with Gasteiger partial charge in [-0.2, -0.15) is 5.26 Å². The number of nitrogens with zero attached hydrogens (tertiary/aromatic N) is 1. The molecule has 0 saturated carbocycles. The van der Waals surface area contributed by atoms with Gasteiger partial charge in [0.25, 0.3) is 0 Å². The summed E-state index contributed by atoms with van der Waals surface area (Å²) in [6, 6.07) is 7.39. The van der Waals surface area contributed by atoms with Crippen LogP contribution >= 0.6 is 0 Å². The molecule has 2 atom stereocenters. The molecular formula is C12H11NO5. The molecule has 0 heterocycles. The number of carboxylic acid groups (broad SMARTS) is 1. The highest BCUT2D eigenvalue weighted by atomic mass is 16.4. The number of hydrogen-bond donors (Lipinski definition) is 3. The Labute approximate surface area is 103 Å². The number of ketones is 1. The average Bonchev–Trinajstić information content (AvgIpc) is 2.37. The minimum atomic E-state index is -2.03. The lowest BCUT2D eigenvalue weighted by atomic mass is 9.95. The van der Waals surface area contributed by atoms with E-state index in [4.69, 9.17) is 10.4 Å². The van der Waals surface area contributed by atoms with E-state index in [1.54, 1.807) is 6.07 Å². The molecule has 0 radical (unpaired) electrons. The zero-order valence-electron chi connectivity index (χ0n) is 9.28. The summed E-state index contributed by atoms with van der Waals surface area (Å²) < 4.78 is 0. The lowest BCUT2D eigenvalue weighted by Gasteiger charge is -2.16. The fourth-order valence-corrected chi connectivity index (χ4v) is 1.48. The second-order valence-electron chi connectivity index (χ2n) is 3.57. The van der Waals surface area contributed by atoms with Gasteiger partial charge in [-0.25, -0.2) is 4.79 Å². The summed E-state index contributed by atoms with van der Waals surface area (Å²) in [6.45, 7) is 0. The first-order valence-electron chi connectivity index (χ1n) is 5.07. The summed E-state index contributed by atoms with van der Waals surface area (Å²) in [6.07, 6.45) is -4.13. The van der Waals surface area contributed by atoms with Gasteiger partial charge in [0.1, 0.15) is 6.10 Å². The Balaban J connectivity index is 3.13. The van der Waals surface area contributed by atoms with Crippen LogP contribution in [0.25, 0.3) is 0 Å². The smallest absolute Gasteiger partial charge is 0.335 e. The number of aliphatic hydroxyl groups is 2. The van der Waals surface area contributed by atoms with Gasteiger partial charge < -0.3 is 15.3 Å². The van der Waals surface area contributed by atoms with Crippen molar-refractivity contribution in [2.24, 2.45) is 0 Å². The van der Waals surface area contributed by atoms with Gasteiger partial charge in [0.15, 0.2) is 11.9 Å². The van der Waals surface area contributed by atoms with Crippen molar-refractivity contribution >= 4 is 11.8 Å². The van der Waals surface area contributed by atoms with E-state index in [0.29, 0.717) is 0 Å². The van der Waals surface area contributed by atoms with Crippen molar-refractivity contribution in [3.8, 4) is 6.07 Å². The zero-order valence-corrected chi connectivity index (χ0v) is 9.28. The minimum Gasteiger partial charge on any atom is -0.479 e. The van der Waals surface area contributed by atoms with Crippen LogP contribution in [0.4, 0.5) is 0 Å². The van der Waals surface area contributed by atoms with Crippen LogP contribution in [-0.4, -0.2) is 33.2 Å². The maximum absolute atomic E-state index is 11.6. The fraction of sp³-hybridized carbons (Fsp3) is 0.250. The number of hydrogen-bond acceptors (Lipinski definition) is 5. The molecule has 94 valence electrons. The molecule has 0 aliphatic rings. The van der Waals surface area contributed by atoms with Crippen LogP contribution in [0.15, 0.2) is 24.3 Å². The van der Waals surface area contributed by atoms with E-state index < -0.39 is 24.0 Å². The molecule has 0 amide bonds. The molecule has 18 heavy (non-hydrogen) atoms. The standard InChI is InChI=1S/C12H11NO5/c13-6-5-9(14)7-3-1-2-4-8(7)10(15)11(16)12(17)18/h1-4,10-11,15-16H,5H2,(H,17,18). The number of carbonyl (C=O) groups excluding carboxylic acids is 1. The van der Waals surface area contributed by atoms with Crippen molar-refractivity contribution in [1.82, 2.24) is 0 Å². The summed E-state index contributed by atoms with van der Waals surface area (Å²) in [5.74, 6) is -2.13. The van der Waals surface area contributed by atoms with E-state index in [9.17, 15) is 19.8 Å². The molecule has 2 unspecified atom stereocenters. The van der Waals surface area contributed by atoms with Gasteiger partial charge in [0.2, 0.25) is 0 Å². The summed E-state index contributed by atoms with van der Waals surface area (Å²) in [5.41, 5.74) is 0.0273. The van der Waals surface area contributed by atoms with Crippen LogP contribution in [0.3, 0.4) is 0 Å². The molecular weight excluding hydrogens is 238 g/mol. The van der Waals surface area contributed by atoms with E-state index in [1.165, 1.54) is 24.3 Å². The Kier molecular flexibility index (Phi) is 4.54. The molecule has 0 spiro atoms. The molecule has 6 heteroatoms. The Morgan fingerprint density at radius 1 is 1.28 bits per heavy atom. The molecule has 0 bridgehead atoms. The van der Waals surface area contributed by atoms with Gasteiger partial charge in [0, 0.05) is 5.56 Å². The monoisotopic (exact) mass is 249 g/mol. The molecule has 1 aromatic rings. The van der Waals surface area contributed by atoms with Crippen LogP contribution in [0.5, 0.6) is 0 Å². The molecule has 6 nitrogen and oxygen atoms in total. The third-order valence-electron chi connectivity index (χ3n) is 2.37. The van der Waals surface area contributed by atoms with Gasteiger partial charge in [-0.3, -0.25) is 4.79 Å². The molecule has 0 aliphatic carbocycles. The molecule has 0 aliphatic heterocycles. The van der Waals surface area contributed by atoms with E-state index in [2.05, 4.69) is 0 Å². The zero-order chi connectivity index (χ0) is 13.7. The van der Waals surface area contributed by atoms with E-state index in [-0.39, 0.29) is 17.5 Å². The number of rotatable bonds is 5. The van der Waals surface area contributed by atoms with Crippen molar-refractivity contribution in [2.75, 3.05) is 0 Å². The highest BCUT2D eigenvalue weighted by Gasteiger charge is 2.28. The Morgan fingerprint density at radius 2 is 1.89 bits per heavy atom. The maximum atomic E-state index is 11.6. The SMILES string of the molecule is N#CCC(=O)c1ccccc1C(O)C(O)C(=O)O. The molecule has 1 rings (SSSR count). The highest BCUT2D eigenvalue weighted by molar-refractivity contribution is 5.99. The number of carboxylic acids is 1. The summed E-state index contributed by atoms with van der Waals surface area (Å²) in [7, 11) is 0. The number of nitriles is 1. The number of aliphatic hydroxyl groups excluding tert-OH is 2. The Hall–Kier alpha value is -2.23. The highest BCUT2D eigenvalue weighted by Crippen LogP contribution is 2.22. The van der Waals surface area contributed by atoms with Gasteiger partial charge in [0.05, 0.1) is 12.5 Å². The minimum absolute atomic E-state index is 0.00681. The third kappa shape index (κ3) is 2.91. The van der Waals surface area contributed by atoms with E-state index in [1.807, 2.05) is 0 Å². The average molecular weight is 249 g/mol. The number of benzene rings is 1. The lowest BCUT2D eigenvalue weighted by molar-refractivity contribution is -0.153. The fourth-order valence-electron chi connectivity index (χ4n) is 1.48. The first-order chi connectivity index (χ1) is 8.49. The number of Topliss-reactive ketones (excluding diaryl/α,β-unsaturated/α-hetero) is 1. The van der Waals surface area contributed by atoms with Crippen LogP contribution < -0.4 is 0 Å². The van der Waals surface area contributed by atoms with Crippen molar-refractivity contribution in [1.29, 1.82) is 5.26 Å². The van der Waals surface area contributed by atoms with Crippen LogP contribution in [0.1, 0.15) is 28.4 Å². The largest absolute Gasteiger partial charge is 0.479 e. The summed E-state index contributed by atoms with van der Waals surface area (Å²) in [4.78, 5) is 22.2. The van der Waals surface area contributed by atoms with E-state index in [0.717, 1.165) is 0 Å². The van der Waals surface area contributed by atoms with Crippen molar-refractivity contribution in [3.63, 3.8) is 0 Å². The molecule has 0 fully saturated rings. The molecule has 3 N–H and O–H groups in total. The second-order valence-corrected chi connectivity index (χ2v) is 3.57. The maximum Gasteiger partial charge on any atom is 0.335 e. The van der Waals surface area contributed by atoms with Crippen LogP contribution in [0, 0.1) is 11.3 Å². The third-order valence-corrected chi connectivity index (χ3v) is 2.37. The molecule has 0 saturated heterocycles. The predicted octanol–water partition coefficient (Wildman–Crippen LogP) is 0.262. The van der Waals surface area contributed by atoms with Crippen LogP contribution in [0.2, 0.25) is 0 Å². The number of carbonyl (C=O) groups is 2. The van der Waals surface area contributed by atoms with Crippen molar-refractivity contribution in [3.05, 3.63) is 35.4 Å². The van der Waals surface area contributed by atoms with Gasteiger partial charge in [-0.15, -0.1) is 0 Å². The lowest BCUT2D eigenvalue weighted by Crippen LogP contribution is -2.28. The van der Waals surface area contributed by atoms with Crippen molar-refractivity contribution in [2.45, 2.75) is 18.6 Å².